The fourth-order valence-corrected chi connectivity index (χ4v) is 10.8. The minimum Gasteiger partial charge on any atom is -0.351 e. The minimum atomic E-state index is -4.94. The van der Waals surface area contributed by atoms with E-state index in [0.717, 1.165) is 35.6 Å². The van der Waals surface area contributed by atoms with Gasteiger partial charge in [-0.2, -0.15) is 13.2 Å². The molecule has 20 heteroatoms. The number of fused-ring (bicyclic) bond motifs is 2. The van der Waals surface area contributed by atoms with Gasteiger partial charge in [-0.3, -0.25) is 9.62 Å². The summed E-state index contributed by atoms with van der Waals surface area (Å²) in [6.07, 6.45) is -0.994. The van der Waals surface area contributed by atoms with Crippen LogP contribution < -0.4 is 14.9 Å². The van der Waals surface area contributed by atoms with Crippen LogP contribution in [0.2, 0.25) is 0 Å². The monoisotopic (exact) mass is 787 g/mol. The Morgan fingerprint density at radius 3 is 2.21 bits per heavy atom. The minimum absolute atomic E-state index is 0.00814. The average Bonchev–Trinajstić information content (AvgIpc) is 3.60. The van der Waals surface area contributed by atoms with Crippen LogP contribution in [-0.4, -0.2) is 92.1 Å². The Labute approximate surface area is 299 Å². The first-order chi connectivity index (χ1) is 24.6. The number of hydrogen-bond acceptors (Lipinski definition) is 11. The standard InChI is InChI=1S/C32H31F6N7O4S3/c33-22-4-2-5-23(34)29(22)52(48,49)43-24-6-1-3-21(26(24)35)27-28(25-9-12-39-30(41-25)40-18-10-13-51(46,47)14-11-18)50-31(42-27)45-19-7-8-20(45)16-44(15-19)17-32(36,37)38/h1-6,9,12,18-20,43H,7-8,10-11,13-17H2,(H,39,40,41). The molecule has 3 aliphatic heterocycles. The van der Waals surface area contributed by atoms with E-state index < -0.39 is 60.6 Å². The molecule has 2 bridgehead atoms. The van der Waals surface area contributed by atoms with Crippen molar-refractivity contribution in [3.63, 3.8) is 0 Å². The lowest BCUT2D eigenvalue weighted by Gasteiger charge is -2.41. The fraction of sp³-hybridized carbons (Fsp3) is 0.406. The molecule has 0 spiro atoms. The van der Waals surface area contributed by atoms with Gasteiger partial charge in [-0.05, 0) is 56.0 Å². The maximum absolute atomic E-state index is 16.4. The number of likely N-dealkylation sites (tertiary alicyclic amines) is 1. The SMILES string of the molecule is O=S1(=O)CCC(Nc2nccc(-c3sc(N4C5CCC4CN(CC(F)(F)F)C5)nc3-c3cccc(NS(=O)(=O)c4c(F)cccc4F)c3F)n2)CC1. The van der Waals surface area contributed by atoms with Gasteiger partial charge in [-0.25, -0.2) is 45.0 Å². The topological polar surface area (TPSA) is 137 Å². The molecular weight excluding hydrogens is 757 g/mol. The lowest BCUT2D eigenvalue weighted by Crippen LogP contribution is -2.55. The number of halogens is 6. The first kappa shape index (κ1) is 36.4. The van der Waals surface area contributed by atoms with Gasteiger partial charge in [0.2, 0.25) is 5.95 Å². The highest BCUT2D eigenvalue weighted by atomic mass is 32.2. The summed E-state index contributed by atoms with van der Waals surface area (Å²) >= 11 is 1.13. The van der Waals surface area contributed by atoms with Gasteiger partial charge < -0.3 is 10.2 Å². The molecule has 2 atom stereocenters. The Hall–Kier alpha value is -4.01. The molecule has 0 aliphatic carbocycles. The van der Waals surface area contributed by atoms with Crippen molar-refractivity contribution in [2.75, 3.05) is 46.1 Å². The van der Waals surface area contributed by atoms with E-state index in [-0.39, 0.29) is 59.9 Å². The van der Waals surface area contributed by atoms with Crippen LogP contribution in [0.4, 0.5) is 43.1 Å². The van der Waals surface area contributed by atoms with Gasteiger partial charge in [-0.15, -0.1) is 0 Å². The second-order valence-electron chi connectivity index (χ2n) is 12.9. The van der Waals surface area contributed by atoms with Crippen LogP contribution in [0.5, 0.6) is 0 Å². The van der Waals surface area contributed by atoms with Crippen LogP contribution in [0, 0.1) is 17.5 Å². The van der Waals surface area contributed by atoms with Gasteiger partial charge in [0.15, 0.2) is 15.8 Å². The summed E-state index contributed by atoms with van der Waals surface area (Å²) in [5.41, 5.74) is -0.457. The zero-order valence-corrected chi connectivity index (χ0v) is 29.5. The van der Waals surface area contributed by atoms with E-state index in [1.54, 1.807) is 6.07 Å². The lowest BCUT2D eigenvalue weighted by atomic mass is 10.1. The normalized spacial score (nSPS) is 21.0. The molecule has 5 heterocycles. The van der Waals surface area contributed by atoms with Crippen molar-refractivity contribution in [3.05, 3.63) is 66.1 Å². The maximum Gasteiger partial charge on any atom is 0.401 e. The summed E-state index contributed by atoms with van der Waals surface area (Å²) in [5, 5.41) is 3.55. The summed E-state index contributed by atoms with van der Waals surface area (Å²) in [6, 6.07) is 6.97. The number of sulfone groups is 1. The van der Waals surface area contributed by atoms with E-state index in [4.69, 9.17) is 4.98 Å². The van der Waals surface area contributed by atoms with Crippen molar-refractivity contribution in [1.29, 1.82) is 0 Å². The Balaban J connectivity index is 1.27. The Bertz CT molecular complexity index is 2170. The van der Waals surface area contributed by atoms with Gasteiger partial charge in [0.25, 0.3) is 10.0 Å². The van der Waals surface area contributed by atoms with Crippen LogP contribution in [0.1, 0.15) is 25.7 Å². The third-order valence-corrected chi connectivity index (χ3v) is 13.5. The molecule has 7 rings (SSSR count). The molecule has 0 saturated carbocycles. The van der Waals surface area contributed by atoms with Crippen LogP contribution >= 0.6 is 11.3 Å². The van der Waals surface area contributed by atoms with E-state index in [2.05, 4.69) is 15.3 Å². The number of sulfonamides is 1. The molecule has 11 nitrogen and oxygen atoms in total. The van der Waals surface area contributed by atoms with E-state index in [9.17, 15) is 38.8 Å². The molecule has 3 fully saturated rings. The summed E-state index contributed by atoms with van der Waals surface area (Å²) in [4.78, 5) is 16.0. The molecule has 3 saturated heterocycles. The number of nitrogens with zero attached hydrogens (tertiary/aromatic N) is 5. The molecule has 2 aromatic carbocycles. The van der Waals surface area contributed by atoms with Gasteiger partial charge >= 0.3 is 6.18 Å². The molecule has 2 aromatic heterocycles. The Kier molecular flexibility index (Phi) is 9.62. The number of rotatable bonds is 9. The summed E-state index contributed by atoms with van der Waals surface area (Å²) in [5.74, 6) is -3.65. The molecule has 278 valence electrons. The predicted octanol–water partition coefficient (Wildman–Crippen LogP) is 5.69. The molecular formula is C32H31F6N7O4S3. The quantitative estimate of drug-likeness (QED) is 0.204. The smallest absolute Gasteiger partial charge is 0.351 e. The van der Waals surface area contributed by atoms with Crippen molar-refractivity contribution >= 4 is 48.0 Å². The number of aromatic nitrogens is 3. The van der Waals surface area contributed by atoms with Crippen molar-refractivity contribution in [2.45, 2.75) is 54.9 Å². The number of alkyl halides is 3. The van der Waals surface area contributed by atoms with Crippen LogP contribution in [0.3, 0.4) is 0 Å². The van der Waals surface area contributed by atoms with Gasteiger partial charge in [0, 0.05) is 43.0 Å². The van der Waals surface area contributed by atoms with E-state index in [1.807, 2.05) is 9.62 Å². The Morgan fingerprint density at radius 2 is 1.56 bits per heavy atom. The molecule has 4 aromatic rings. The predicted molar refractivity (Wildman–Crippen MR) is 183 cm³/mol. The van der Waals surface area contributed by atoms with Crippen molar-refractivity contribution in [1.82, 2.24) is 19.9 Å². The summed E-state index contributed by atoms with van der Waals surface area (Å²) in [7, 11) is -8.06. The van der Waals surface area contributed by atoms with Crippen molar-refractivity contribution in [2.24, 2.45) is 0 Å². The first-order valence-corrected chi connectivity index (χ1v) is 20.3. The van der Waals surface area contributed by atoms with Crippen LogP contribution in [-0.2, 0) is 19.9 Å². The molecule has 0 radical (unpaired) electrons. The van der Waals surface area contributed by atoms with Crippen LogP contribution in [0.25, 0.3) is 21.8 Å². The molecule has 2 unspecified atom stereocenters. The fourth-order valence-electron chi connectivity index (χ4n) is 6.96. The molecule has 2 N–H and O–H groups in total. The zero-order chi connectivity index (χ0) is 37.0. The highest BCUT2D eigenvalue weighted by Gasteiger charge is 2.44. The highest BCUT2D eigenvalue weighted by Crippen LogP contribution is 2.45. The maximum atomic E-state index is 16.4. The second-order valence-corrected chi connectivity index (χ2v) is 17.8. The largest absolute Gasteiger partial charge is 0.401 e. The summed E-state index contributed by atoms with van der Waals surface area (Å²) in [6.45, 7) is -0.773. The van der Waals surface area contributed by atoms with Crippen molar-refractivity contribution in [3.8, 4) is 21.8 Å². The molecule has 0 amide bonds. The van der Waals surface area contributed by atoms with E-state index in [1.165, 1.54) is 23.2 Å². The zero-order valence-electron chi connectivity index (χ0n) is 27.1. The highest BCUT2D eigenvalue weighted by molar-refractivity contribution is 7.92. The third-order valence-electron chi connectivity index (χ3n) is 9.26. The summed E-state index contributed by atoms with van der Waals surface area (Å²) < 4.78 is 137. The van der Waals surface area contributed by atoms with Crippen molar-refractivity contribution < 1.29 is 43.2 Å². The number of nitrogens with one attached hydrogen (secondary N) is 2. The average molecular weight is 788 g/mol. The molecule has 52 heavy (non-hydrogen) atoms. The number of hydrogen-bond donors (Lipinski definition) is 2. The van der Waals surface area contributed by atoms with Gasteiger partial charge in [-0.1, -0.05) is 23.5 Å². The second kappa shape index (κ2) is 13.8. The van der Waals surface area contributed by atoms with Gasteiger partial charge in [0.1, 0.15) is 21.5 Å². The van der Waals surface area contributed by atoms with E-state index >= 15 is 4.39 Å². The molecule has 3 aliphatic rings. The Morgan fingerprint density at radius 1 is 0.904 bits per heavy atom. The van der Waals surface area contributed by atoms with Gasteiger partial charge in [0.05, 0.1) is 40.0 Å². The van der Waals surface area contributed by atoms with Crippen LogP contribution in [0.15, 0.2) is 53.6 Å². The number of anilines is 3. The third kappa shape index (κ3) is 7.56. The van der Waals surface area contributed by atoms with E-state index in [0.29, 0.717) is 41.4 Å². The lowest BCUT2D eigenvalue weighted by molar-refractivity contribution is -0.147. The number of thiazole rings is 1. The number of piperazine rings is 1. The first-order valence-electron chi connectivity index (χ1n) is 16.2. The number of benzene rings is 2.